The third-order valence-corrected chi connectivity index (χ3v) is 1.51. The predicted octanol–water partition coefficient (Wildman–Crippen LogP) is 0.0804. The molecular weight excluding hydrogens is 161 g/mol. The van der Waals surface area contributed by atoms with Crippen molar-refractivity contribution in [1.82, 2.24) is 0 Å². The van der Waals surface area contributed by atoms with Crippen molar-refractivity contribution in [3.8, 4) is 11.1 Å². The Labute approximate surface area is 68.7 Å². The highest BCUT2D eigenvalue weighted by Gasteiger charge is 2.25. The first-order valence-electron chi connectivity index (χ1n) is 3.09. The molecular formula is C6H5BNO4. The zero-order valence-electron chi connectivity index (χ0n) is 5.97. The fourth-order valence-electron chi connectivity index (χ4n) is 0.920. The second-order valence-electron chi connectivity index (χ2n) is 2.10. The Hall–Kier alpha value is -1.40. The first kappa shape index (κ1) is 8.70. The van der Waals surface area contributed by atoms with Gasteiger partial charge in [-0.2, -0.15) is 0 Å². The molecule has 0 saturated heterocycles. The summed E-state index contributed by atoms with van der Waals surface area (Å²) in [6.45, 7) is 0. The van der Waals surface area contributed by atoms with Crippen molar-refractivity contribution < 1.29 is 15.0 Å². The van der Waals surface area contributed by atoms with E-state index < -0.39 is 0 Å². The third kappa shape index (κ3) is 1.29. The van der Waals surface area contributed by atoms with Gasteiger partial charge >= 0.3 is 7.69 Å². The van der Waals surface area contributed by atoms with Crippen molar-refractivity contribution in [2.75, 3.05) is 0 Å². The Kier molecular flexibility index (Phi) is 2.42. The number of benzene rings is 1. The molecule has 6 heteroatoms. The van der Waals surface area contributed by atoms with Gasteiger partial charge in [0.1, 0.15) is 0 Å². The number of nitrogens with zero attached hydrogens (tertiary/aromatic N) is 1. The Morgan fingerprint density at radius 3 is 2.08 bits per heavy atom. The van der Waals surface area contributed by atoms with Gasteiger partial charge < -0.3 is 10.0 Å². The maximum absolute atomic E-state index is 10.0. The first-order chi connectivity index (χ1) is 5.70. The molecule has 0 fully saturated rings. The Morgan fingerprint density at radius 2 is 2.00 bits per heavy atom. The van der Waals surface area contributed by atoms with Crippen molar-refractivity contribution in [2.24, 2.45) is 0 Å². The summed E-state index contributed by atoms with van der Waals surface area (Å²) in [4.78, 5) is 9.68. The van der Waals surface area contributed by atoms with Crippen molar-refractivity contribution >= 4 is 13.4 Å². The van der Waals surface area contributed by atoms with E-state index in [9.17, 15) is 10.1 Å². The summed E-state index contributed by atoms with van der Waals surface area (Å²) in [6, 6.07) is 5.20. The predicted molar refractivity (Wildman–Crippen MR) is 42.3 cm³/mol. The van der Waals surface area contributed by atoms with Gasteiger partial charge in [-0.25, -0.2) is 0 Å². The Balaban J connectivity index is 0.000000213. The highest BCUT2D eigenvalue weighted by atomic mass is 16.6. The molecule has 0 aromatic carbocycles. The largest absolute Gasteiger partial charge is 0.482 e. The molecule has 61 valence electrons. The van der Waals surface area contributed by atoms with Crippen molar-refractivity contribution in [1.29, 1.82) is 0 Å². The number of hydrogen-bond acceptors (Lipinski definition) is 4. The van der Waals surface area contributed by atoms with E-state index in [-0.39, 0.29) is 18.3 Å². The molecule has 0 atom stereocenters. The van der Waals surface area contributed by atoms with Crippen LogP contribution in [0, 0.1) is 10.1 Å². The molecule has 0 heterocycles. The van der Waals surface area contributed by atoms with E-state index in [0.717, 1.165) is 11.1 Å². The average Bonchev–Trinajstić information content (AvgIpc) is 1.96. The molecule has 2 aliphatic rings. The lowest BCUT2D eigenvalue weighted by Crippen LogP contribution is -1.99. The van der Waals surface area contributed by atoms with Gasteiger partial charge in [0.2, 0.25) is 0 Å². The van der Waals surface area contributed by atoms with E-state index >= 15 is 0 Å². The molecule has 0 aromatic rings. The van der Waals surface area contributed by atoms with Crippen LogP contribution in [0.4, 0.5) is 5.69 Å². The van der Waals surface area contributed by atoms with Crippen molar-refractivity contribution in [3.05, 3.63) is 28.3 Å². The summed E-state index contributed by atoms with van der Waals surface area (Å²) in [6.07, 6.45) is 0. The first-order valence-corrected chi connectivity index (χ1v) is 3.09. The summed E-state index contributed by atoms with van der Waals surface area (Å²) in [5.41, 5.74) is 2.08. The lowest BCUT2D eigenvalue weighted by molar-refractivity contribution is -0.385. The second-order valence-corrected chi connectivity index (χ2v) is 2.10. The molecule has 0 unspecified atom stereocenters. The topological polar surface area (TPSA) is 83.6 Å². The van der Waals surface area contributed by atoms with Crippen LogP contribution in [0.1, 0.15) is 0 Å². The van der Waals surface area contributed by atoms with Crippen molar-refractivity contribution in [2.45, 2.75) is 0 Å². The third-order valence-electron chi connectivity index (χ3n) is 1.51. The van der Waals surface area contributed by atoms with Gasteiger partial charge in [-0.3, -0.25) is 10.1 Å². The molecule has 0 aromatic heterocycles. The summed E-state index contributed by atoms with van der Waals surface area (Å²) in [7, 11) is 0. The van der Waals surface area contributed by atoms with Crippen LogP contribution in [0.2, 0.25) is 0 Å². The van der Waals surface area contributed by atoms with E-state index in [1.54, 1.807) is 12.1 Å². The van der Waals surface area contributed by atoms with E-state index in [1.807, 2.05) is 6.07 Å². The Morgan fingerprint density at radius 1 is 1.42 bits per heavy atom. The van der Waals surface area contributed by atoms with E-state index in [2.05, 4.69) is 0 Å². The lowest BCUT2D eigenvalue weighted by Gasteiger charge is -2.12. The van der Waals surface area contributed by atoms with Gasteiger partial charge in [0, 0.05) is 6.07 Å². The van der Waals surface area contributed by atoms with Gasteiger partial charge in [0.25, 0.3) is 5.69 Å². The molecule has 5 nitrogen and oxygen atoms in total. The monoisotopic (exact) mass is 166 g/mol. The lowest BCUT2D eigenvalue weighted by atomic mass is 9.91. The quantitative estimate of drug-likeness (QED) is 0.357. The standard InChI is InChI=1S/C6H3NO2.BH2O2/c8-7(9)6-3-4-1-2-5(4)6;2-1-3/h1-3H;2-3H. The van der Waals surface area contributed by atoms with Crippen LogP contribution in [-0.4, -0.2) is 22.7 Å². The zero-order chi connectivity index (χ0) is 9.14. The van der Waals surface area contributed by atoms with Crippen LogP contribution in [0.5, 0.6) is 0 Å². The van der Waals surface area contributed by atoms with Gasteiger partial charge in [0.15, 0.2) is 0 Å². The molecule has 12 heavy (non-hydrogen) atoms. The normalized spacial score (nSPS) is 9.50. The van der Waals surface area contributed by atoms with Gasteiger partial charge in [-0.15, -0.1) is 0 Å². The van der Waals surface area contributed by atoms with E-state index in [0.29, 0.717) is 0 Å². The molecule has 2 rings (SSSR count). The maximum Gasteiger partial charge on any atom is 0.482 e. The summed E-state index contributed by atoms with van der Waals surface area (Å²) in [5, 5.41) is 24.0. The van der Waals surface area contributed by atoms with Crippen LogP contribution < -0.4 is 0 Å². The maximum atomic E-state index is 10.0. The summed E-state index contributed by atoms with van der Waals surface area (Å²) < 4.78 is 0. The van der Waals surface area contributed by atoms with Gasteiger partial charge in [-0.1, -0.05) is 6.07 Å². The zero-order valence-corrected chi connectivity index (χ0v) is 5.97. The number of nitro groups is 1. The van der Waals surface area contributed by atoms with Crippen LogP contribution in [0.3, 0.4) is 0 Å². The SMILES string of the molecule is O=[N+]([O-])c1cc2ccc1-2.O[B]O. The van der Waals surface area contributed by atoms with E-state index in [4.69, 9.17) is 10.0 Å². The summed E-state index contributed by atoms with van der Waals surface area (Å²) >= 11 is 0. The highest BCUT2D eigenvalue weighted by Crippen LogP contribution is 2.41. The van der Waals surface area contributed by atoms with Gasteiger partial charge in [0.05, 0.1) is 10.5 Å². The molecule has 2 aliphatic carbocycles. The smallest absolute Gasteiger partial charge is 0.429 e. The fraction of sp³-hybridized carbons (Fsp3) is 0. The molecule has 1 radical (unpaired) electrons. The molecule has 0 aliphatic heterocycles. The molecule has 0 saturated carbocycles. The molecule has 0 bridgehead atoms. The van der Waals surface area contributed by atoms with Crippen LogP contribution in [0.15, 0.2) is 18.2 Å². The molecule has 0 amide bonds. The fourth-order valence-corrected chi connectivity index (χ4v) is 0.920. The van der Waals surface area contributed by atoms with Crippen LogP contribution in [-0.2, 0) is 0 Å². The Bertz CT molecular complexity index is 314. The minimum atomic E-state index is -0.359. The molecule has 2 N–H and O–H groups in total. The minimum absolute atomic E-state index is 0. The van der Waals surface area contributed by atoms with Crippen LogP contribution in [0.25, 0.3) is 11.1 Å². The number of hydrogen-bond donors (Lipinski definition) is 2. The minimum Gasteiger partial charge on any atom is -0.429 e. The summed E-state index contributed by atoms with van der Waals surface area (Å²) in [5.74, 6) is 0. The second kappa shape index (κ2) is 3.33. The number of nitro benzene ring substituents is 1. The highest BCUT2D eigenvalue weighted by molar-refractivity contribution is 6.13. The number of fused-ring (bicyclic) bond motifs is 1. The average molecular weight is 166 g/mol. The molecule has 0 spiro atoms. The van der Waals surface area contributed by atoms with E-state index in [1.165, 1.54) is 0 Å². The number of rotatable bonds is 1. The van der Waals surface area contributed by atoms with Gasteiger partial charge in [-0.05, 0) is 11.6 Å². The van der Waals surface area contributed by atoms with Crippen molar-refractivity contribution in [3.63, 3.8) is 0 Å². The van der Waals surface area contributed by atoms with Crippen LogP contribution >= 0.6 is 0 Å².